The van der Waals surface area contributed by atoms with Crippen LogP contribution in [0.15, 0.2) is 0 Å². The maximum Gasteiger partial charge on any atom is 0.472 e. The first kappa shape index (κ1) is 108. The van der Waals surface area contributed by atoms with Gasteiger partial charge in [-0.25, -0.2) is 9.13 Å². The zero-order valence-electron chi connectivity index (χ0n) is 72.4. The first-order valence-electron chi connectivity index (χ1n) is 47.1. The van der Waals surface area contributed by atoms with Gasteiger partial charge in [-0.3, -0.25) is 37.3 Å². The van der Waals surface area contributed by atoms with Crippen molar-refractivity contribution in [3.63, 3.8) is 0 Å². The number of rotatable bonds is 91. The van der Waals surface area contributed by atoms with Gasteiger partial charge in [0.1, 0.15) is 19.3 Å². The Bertz CT molecular complexity index is 2080. The van der Waals surface area contributed by atoms with Crippen LogP contribution in [-0.2, 0) is 65.4 Å². The molecule has 0 rings (SSSR count). The normalized spacial score (nSPS) is 13.7. The number of aliphatic hydroxyl groups is 1. The summed E-state index contributed by atoms with van der Waals surface area (Å²) in [6.45, 7) is 7.34. The van der Waals surface area contributed by atoms with Gasteiger partial charge in [0.25, 0.3) is 0 Å². The number of hydrogen-bond donors (Lipinski definition) is 3. The highest BCUT2D eigenvalue weighted by Gasteiger charge is 2.31. The first-order chi connectivity index (χ1) is 53.5. The van der Waals surface area contributed by atoms with E-state index in [1.165, 1.54) is 315 Å². The molecule has 0 aliphatic rings. The summed E-state index contributed by atoms with van der Waals surface area (Å²) in [5.41, 5.74) is 0. The van der Waals surface area contributed by atoms with E-state index in [9.17, 15) is 43.2 Å². The second-order valence-corrected chi connectivity index (χ2v) is 36.1. The summed E-state index contributed by atoms with van der Waals surface area (Å²) in [4.78, 5) is 73.4. The van der Waals surface area contributed by atoms with Crippen molar-refractivity contribution in [2.75, 3.05) is 39.6 Å². The predicted molar refractivity (Wildman–Crippen MR) is 455 cm³/mol. The van der Waals surface area contributed by atoms with Crippen molar-refractivity contribution in [3.8, 4) is 0 Å². The fraction of sp³-hybridized carbons (Fsp3) is 0.956. The standard InChI is InChI=1S/C91H178O17P2/c1-6-9-12-15-18-21-24-27-30-33-36-38-40-43-45-48-51-54-59-64-69-74-88(93)101-80-86(107-90(95)76-71-67-61-56-53-50-47-44-41-39-37-34-31-28-25-22-19-16-13-10-7-2)82-105-109(97,98)103-78-85(92)79-104-110(99,100)106-83-87(81-102-89(94)75-70-65-62-57-58-63-68-73-84(4)5)108-91(96)77-72-66-60-55-52-49-46-42-35-32-29-26-23-20-17-14-11-8-3/h84-87,92H,6-83H2,1-5H3,(H,97,98)(H,99,100)/t85-,86-,87-/m1/s1. The van der Waals surface area contributed by atoms with E-state index >= 15 is 0 Å². The molecule has 654 valence electrons. The van der Waals surface area contributed by atoms with Crippen molar-refractivity contribution < 1.29 is 80.2 Å². The van der Waals surface area contributed by atoms with Crippen LogP contribution in [-0.4, -0.2) is 96.7 Å². The molecule has 0 saturated carbocycles. The zero-order chi connectivity index (χ0) is 80.4. The van der Waals surface area contributed by atoms with Gasteiger partial charge in [0.05, 0.1) is 26.4 Å². The number of phosphoric ester groups is 2. The highest BCUT2D eigenvalue weighted by Crippen LogP contribution is 2.45. The molecule has 17 nitrogen and oxygen atoms in total. The van der Waals surface area contributed by atoms with Gasteiger partial charge in [0.2, 0.25) is 0 Å². The lowest BCUT2D eigenvalue weighted by atomic mass is 10.0. The number of unbranched alkanes of at least 4 members (excludes halogenated alkanes) is 63. The van der Waals surface area contributed by atoms with Crippen LogP contribution in [0.2, 0.25) is 0 Å². The van der Waals surface area contributed by atoms with Gasteiger partial charge in [0.15, 0.2) is 12.2 Å². The lowest BCUT2D eigenvalue weighted by Crippen LogP contribution is -2.30. The van der Waals surface area contributed by atoms with E-state index in [4.69, 9.17) is 37.0 Å². The molecular formula is C91H178O17P2. The molecule has 0 aromatic carbocycles. The average Bonchev–Trinajstić information content (AvgIpc) is 0.897. The van der Waals surface area contributed by atoms with Crippen molar-refractivity contribution in [3.05, 3.63) is 0 Å². The van der Waals surface area contributed by atoms with Crippen LogP contribution >= 0.6 is 15.6 Å². The second-order valence-electron chi connectivity index (χ2n) is 33.2. The largest absolute Gasteiger partial charge is 0.472 e. The maximum atomic E-state index is 13.2. The highest BCUT2D eigenvalue weighted by molar-refractivity contribution is 7.47. The molecule has 0 amide bonds. The van der Waals surface area contributed by atoms with Gasteiger partial charge < -0.3 is 33.8 Å². The van der Waals surface area contributed by atoms with Gasteiger partial charge >= 0.3 is 39.5 Å². The van der Waals surface area contributed by atoms with Gasteiger partial charge in [-0.15, -0.1) is 0 Å². The Kier molecular flexibility index (Phi) is 82.1. The van der Waals surface area contributed by atoms with Crippen molar-refractivity contribution in [2.24, 2.45) is 5.92 Å². The molecule has 0 fully saturated rings. The van der Waals surface area contributed by atoms with Gasteiger partial charge in [-0.1, -0.05) is 446 Å². The molecule has 2 unspecified atom stereocenters. The van der Waals surface area contributed by atoms with Crippen LogP contribution in [0.3, 0.4) is 0 Å². The van der Waals surface area contributed by atoms with Crippen molar-refractivity contribution in [1.82, 2.24) is 0 Å². The molecule has 0 radical (unpaired) electrons. The van der Waals surface area contributed by atoms with Crippen LogP contribution in [0.25, 0.3) is 0 Å². The molecule has 0 bridgehead atoms. The second kappa shape index (κ2) is 83.5. The summed E-state index contributed by atoms with van der Waals surface area (Å²) in [5, 5.41) is 10.7. The third-order valence-electron chi connectivity index (χ3n) is 21.5. The van der Waals surface area contributed by atoms with Crippen molar-refractivity contribution in [1.29, 1.82) is 0 Å². The predicted octanol–water partition coefficient (Wildman–Crippen LogP) is 28.3. The number of carbonyl (C=O) groups is 4. The smallest absolute Gasteiger partial charge is 0.462 e. The van der Waals surface area contributed by atoms with Crippen molar-refractivity contribution >= 4 is 39.5 Å². The Morgan fingerprint density at radius 1 is 0.245 bits per heavy atom. The minimum atomic E-state index is -4.97. The summed E-state index contributed by atoms with van der Waals surface area (Å²) in [6.07, 6.45) is 79.5. The Morgan fingerprint density at radius 3 is 0.618 bits per heavy atom. The van der Waals surface area contributed by atoms with E-state index in [-0.39, 0.29) is 25.7 Å². The molecule has 0 saturated heterocycles. The van der Waals surface area contributed by atoms with E-state index in [0.717, 1.165) is 96.3 Å². The highest BCUT2D eigenvalue weighted by atomic mass is 31.2. The number of aliphatic hydroxyl groups excluding tert-OH is 1. The number of ether oxygens (including phenoxy) is 4. The molecule has 19 heteroatoms. The van der Waals surface area contributed by atoms with Crippen LogP contribution in [0, 0.1) is 5.92 Å². The minimum absolute atomic E-state index is 0.108. The molecule has 0 aromatic rings. The molecular weight excluding hydrogens is 1430 g/mol. The molecule has 110 heavy (non-hydrogen) atoms. The Labute approximate surface area is 677 Å². The first-order valence-corrected chi connectivity index (χ1v) is 50.1. The lowest BCUT2D eigenvalue weighted by molar-refractivity contribution is -0.161. The third-order valence-corrected chi connectivity index (χ3v) is 23.4. The van der Waals surface area contributed by atoms with Crippen LogP contribution < -0.4 is 0 Å². The lowest BCUT2D eigenvalue weighted by Gasteiger charge is -2.21. The monoisotopic (exact) mass is 1610 g/mol. The Hall–Kier alpha value is -1.94. The minimum Gasteiger partial charge on any atom is -0.462 e. The van der Waals surface area contributed by atoms with Crippen LogP contribution in [0.4, 0.5) is 0 Å². The fourth-order valence-electron chi connectivity index (χ4n) is 14.4. The number of esters is 4. The van der Waals surface area contributed by atoms with Gasteiger partial charge in [0, 0.05) is 25.7 Å². The molecule has 0 aliphatic heterocycles. The number of phosphoric acid groups is 2. The van der Waals surface area contributed by atoms with Gasteiger partial charge in [-0.05, 0) is 31.6 Å². The van der Waals surface area contributed by atoms with Gasteiger partial charge in [-0.2, -0.15) is 0 Å². The average molecular weight is 1610 g/mol. The Balaban J connectivity index is 5.21. The summed E-state index contributed by atoms with van der Waals surface area (Å²) < 4.78 is 69.0. The maximum absolute atomic E-state index is 13.2. The number of carbonyl (C=O) groups excluding carboxylic acids is 4. The molecule has 3 N–H and O–H groups in total. The number of hydrogen-bond acceptors (Lipinski definition) is 15. The van der Waals surface area contributed by atoms with E-state index in [2.05, 4.69) is 34.6 Å². The third kappa shape index (κ3) is 84.0. The molecule has 5 atom stereocenters. The van der Waals surface area contributed by atoms with Crippen molar-refractivity contribution in [2.45, 2.75) is 515 Å². The molecule has 0 aromatic heterocycles. The Morgan fingerprint density at radius 2 is 0.418 bits per heavy atom. The summed E-state index contributed by atoms with van der Waals surface area (Å²) in [7, 11) is -9.93. The topological polar surface area (TPSA) is 237 Å². The van der Waals surface area contributed by atoms with Crippen LogP contribution in [0.5, 0.6) is 0 Å². The SMILES string of the molecule is CCCCCCCCCCCCCCCCCCCCCCCC(=O)OC[C@H](COP(=O)(O)OC[C@@H](O)COP(=O)(O)OC[C@@H](COC(=O)CCCCCCCCCC(C)C)OC(=O)CCCCCCCCCCCCCCCCCCCC)OC(=O)CCCCCCCCCCCCCCCCCCCCCCC. The summed E-state index contributed by atoms with van der Waals surface area (Å²) in [5.74, 6) is -1.39. The van der Waals surface area contributed by atoms with E-state index in [0.29, 0.717) is 31.6 Å². The molecule has 0 spiro atoms. The van der Waals surface area contributed by atoms with E-state index in [1.807, 2.05) is 0 Å². The molecule has 0 aliphatic carbocycles. The van der Waals surface area contributed by atoms with E-state index < -0.39 is 97.5 Å². The van der Waals surface area contributed by atoms with E-state index in [1.54, 1.807) is 0 Å². The summed E-state index contributed by atoms with van der Waals surface area (Å²) >= 11 is 0. The molecule has 0 heterocycles. The summed E-state index contributed by atoms with van der Waals surface area (Å²) in [6, 6.07) is 0. The van der Waals surface area contributed by atoms with Crippen LogP contribution in [0.1, 0.15) is 497 Å². The zero-order valence-corrected chi connectivity index (χ0v) is 74.2. The fourth-order valence-corrected chi connectivity index (χ4v) is 15.9. The quantitative estimate of drug-likeness (QED) is 0.0222.